The van der Waals surface area contributed by atoms with Gasteiger partial charge in [0, 0.05) is 12.4 Å². The van der Waals surface area contributed by atoms with Gasteiger partial charge in [-0.15, -0.1) is 0 Å². The zero-order valence-electron chi connectivity index (χ0n) is 9.31. The first-order valence-electron chi connectivity index (χ1n) is 5.26. The number of hydrogen-bond acceptors (Lipinski definition) is 4. The Morgan fingerprint density at radius 1 is 1.39 bits per heavy atom. The standard InChI is InChI=1S/C11H11N3O4/c12-11(18)14-8(10(16)17)7(9(14)15)5-6-1-3-13-4-2-6/h1-4,7-8H,5H2,(H2,12,18)(H,16,17)/t7-,8?/m1/s1. The van der Waals surface area contributed by atoms with Crippen molar-refractivity contribution in [1.29, 1.82) is 0 Å². The molecule has 2 heterocycles. The van der Waals surface area contributed by atoms with Gasteiger partial charge in [0.1, 0.15) is 0 Å². The van der Waals surface area contributed by atoms with Crippen molar-refractivity contribution in [3.63, 3.8) is 0 Å². The van der Waals surface area contributed by atoms with Crippen molar-refractivity contribution in [2.75, 3.05) is 0 Å². The molecule has 3 amide bonds. The van der Waals surface area contributed by atoms with E-state index in [1.807, 2.05) is 0 Å². The number of carboxylic acid groups (broad SMARTS) is 1. The van der Waals surface area contributed by atoms with Crippen molar-refractivity contribution in [3.05, 3.63) is 30.1 Å². The molecule has 0 aromatic carbocycles. The van der Waals surface area contributed by atoms with E-state index >= 15 is 0 Å². The smallest absolute Gasteiger partial charge is 0.327 e. The molecular weight excluding hydrogens is 238 g/mol. The molecule has 2 atom stereocenters. The number of primary amides is 1. The van der Waals surface area contributed by atoms with Crippen molar-refractivity contribution in [1.82, 2.24) is 9.88 Å². The van der Waals surface area contributed by atoms with Gasteiger partial charge in [-0.2, -0.15) is 0 Å². The van der Waals surface area contributed by atoms with Crippen LogP contribution in [0.3, 0.4) is 0 Å². The Labute approximate surface area is 102 Å². The molecule has 1 saturated heterocycles. The van der Waals surface area contributed by atoms with Gasteiger partial charge in [0.05, 0.1) is 5.92 Å². The zero-order valence-corrected chi connectivity index (χ0v) is 9.31. The largest absolute Gasteiger partial charge is 0.480 e. The highest BCUT2D eigenvalue weighted by Gasteiger charge is 2.53. The number of nitrogens with two attached hydrogens (primary N) is 1. The molecule has 1 aliphatic heterocycles. The van der Waals surface area contributed by atoms with Crippen LogP contribution in [0.2, 0.25) is 0 Å². The van der Waals surface area contributed by atoms with Gasteiger partial charge in [0.15, 0.2) is 6.04 Å². The highest BCUT2D eigenvalue weighted by molar-refractivity contribution is 6.07. The summed E-state index contributed by atoms with van der Waals surface area (Å²) < 4.78 is 0. The number of hydrogen-bond donors (Lipinski definition) is 2. The first-order chi connectivity index (χ1) is 8.52. The molecule has 94 valence electrons. The monoisotopic (exact) mass is 249 g/mol. The van der Waals surface area contributed by atoms with Gasteiger partial charge < -0.3 is 10.8 Å². The summed E-state index contributed by atoms with van der Waals surface area (Å²) in [5, 5.41) is 9.00. The summed E-state index contributed by atoms with van der Waals surface area (Å²) in [6, 6.07) is 1.18. The van der Waals surface area contributed by atoms with Gasteiger partial charge in [-0.3, -0.25) is 9.78 Å². The molecule has 2 rings (SSSR count). The Bertz CT molecular complexity index is 502. The van der Waals surface area contributed by atoms with Gasteiger partial charge >= 0.3 is 12.0 Å². The van der Waals surface area contributed by atoms with Crippen LogP contribution in [-0.4, -0.2) is 38.9 Å². The number of rotatable bonds is 3. The summed E-state index contributed by atoms with van der Waals surface area (Å²) in [4.78, 5) is 38.1. The van der Waals surface area contributed by atoms with Crippen molar-refractivity contribution in [2.24, 2.45) is 11.7 Å². The fourth-order valence-electron chi connectivity index (χ4n) is 2.05. The lowest BCUT2D eigenvalue weighted by Crippen LogP contribution is -2.68. The highest BCUT2D eigenvalue weighted by atomic mass is 16.4. The predicted octanol–water partition coefficient (Wildman–Crippen LogP) is -0.386. The van der Waals surface area contributed by atoms with Crippen LogP contribution in [0.25, 0.3) is 0 Å². The fourth-order valence-corrected chi connectivity index (χ4v) is 2.05. The quantitative estimate of drug-likeness (QED) is 0.708. The van der Waals surface area contributed by atoms with E-state index in [1.165, 1.54) is 0 Å². The molecule has 1 aromatic heterocycles. The van der Waals surface area contributed by atoms with Crippen LogP contribution in [-0.2, 0) is 16.0 Å². The third-order valence-corrected chi connectivity index (χ3v) is 2.91. The van der Waals surface area contributed by atoms with Crippen molar-refractivity contribution in [3.8, 4) is 0 Å². The molecule has 0 radical (unpaired) electrons. The predicted molar refractivity (Wildman–Crippen MR) is 59.3 cm³/mol. The van der Waals surface area contributed by atoms with E-state index in [1.54, 1.807) is 24.5 Å². The van der Waals surface area contributed by atoms with Gasteiger partial charge in [-0.1, -0.05) is 0 Å². The fraction of sp³-hybridized carbons (Fsp3) is 0.273. The lowest BCUT2D eigenvalue weighted by Gasteiger charge is -2.41. The number of pyridine rings is 1. The van der Waals surface area contributed by atoms with Crippen LogP contribution in [0.5, 0.6) is 0 Å². The molecule has 1 fully saturated rings. The second-order valence-electron chi connectivity index (χ2n) is 4.00. The van der Waals surface area contributed by atoms with E-state index < -0.39 is 29.9 Å². The van der Waals surface area contributed by atoms with Crippen LogP contribution < -0.4 is 5.73 Å². The number of urea groups is 1. The lowest BCUT2D eigenvalue weighted by atomic mass is 9.83. The Morgan fingerprint density at radius 3 is 2.50 bits per heavy atom. The maximum Gasteiger partial charge on any atom is 0.327 e. The molecule has 0 saturated carbocycles. The average molecular weight is 249 g/mol. The number of imide groups is 1. The van der Waals surface area contributed by atoms with Gasteiger partial charge in [-0.05, 0) is 24.1 Å². The molecule has 3 N–H and O–H groups in total. The van der Waals surface area contributed by atoms with E-state index in [0.29, 0.717) is 4.90 Å². The second kappa shape index (κ2) is 4.44. The normalized spacial score (nSPS) is 22.4. The van der Waals surface area contributed by atoms with Gasteiger partial charge in [0.25, 0.3) is 0 Å². The summed E-state index contributed by atoms with van der Waals surface area (Å²) >= 11 is 0. The Hall–Kier alpha value is -2.44. The van der Waals surface area contributed by atoms with Crippen molar-refractivity contribution >= 4 is 17.9 Å². The summed E-state index contributed by atoms with van der Waals surface area (Å²) in [6.07, 6.45) is 3.36. The Kier molecular flexibility index (Phi) is 2.97. The van der Waals surface area contributed by atoms with Crippen LogP contribution in [0.4, 0.5) is 4.79 Å². The van der Waals surface area contributed by atoms with Crippen LogP contribution in [0.1, 0.15) is 5.56 Å². The maximum absolute atomic E-state index is 11.7. The minimum absolute atomic E-state index is 0.252. The van der Waals surface area contributed by atoms with Gasteiger partial charge in [0.2, 0.25) is 5.91 Å². The van der Waals surface area contributed by atoms with Crippen LogP contribution >= 0.6 is 0 Å². The number of carbonyl (C=O) groups excluding carboxylic acids is 2. The molecule has 7 heteroatoms. The molecule has 1 aliphatic rings. The number of carbonyl (C=O) groups is 3. The van der Waals surface area contributed by atoms with E-state index in [0.717, 1.165) is 5.56 Å². The molecule has 0 spiro atoms. The number of β-lactam (4-membered cyclic amide) rings is 1. The second-order valence-corrected chi connectivity index (χ2v) is 4.00. The van der Waals surface area contributed by atoms with Crippen LogP contribution in [0, 0.1) is 5.92 Å². The third-order valence-electron chi connectivity index (χ3n) is 2.91. The van der Waals surface area contributed by atoms with Crippen molar-refractivity contribution in [2.45, 2.75) is 12.5 Å². The number of likely N-dealkylation sites (tertiary alicyclic amines) is 1. The van der Waals surface area contributed by atoms with Crippen LogP contribution in [0.15, 0.2) is 24.5 Å². The van der Waals surface area contributed by atoms with E-state index in [2.05, 4.69) is 4.98 Å². The average Bonchev–Trinajstić information content (AvgIpc) is 2.32. The zero-order chi connectivity index (χ0) is 13.3. The molecule has 0 aliphatic carbocycles. The first kappa shape index (κ1) is 12.0. The molecule has 18 heavy (non-hydrogen) atoms. The highest BCUT2D eigenvalue weighted by Crippen LogP contribution is 2.29. The third kappa shape index (κ3) is 1.90. The molecule has 7 nitrogen and oxygen atoms in total. The summed E-state index contributed by atoms with van der Waals surface area (Å²) in [5.41, 5.74) is 5.76. The first-order valence-corrected chi connectivity index (χ1v) is 5.26. The molecular formula is C11H11N3O4. The number of carboxylic acids is 1. The summed E-state index contributed by atoms with van der Waals surface area (Å²) in [6.45, 7) is 0. The lowest BCUT2D eigenvalue weighted by molar-refractivity contribution is -0.165. The maximum atomic E-state index is 11.7. The number of amides is 3. The summed E-state index contributed by atoms with van der Waals surface area (Å²) in [7, 11) is 0. The minimum atomic E-state index is -1.23. The van der Waals surface area contributed by atoms with Crippen molar-refractivity contribution < 1.29 is 19.5 Å². The SMILES string of the molecule is NC(=O)N1C(=O)[C@H](Cc2ccncc2)C1C(=O)O. The van der Waals surface area contributed by atoms with E-state index in [9.17, 15) is 14.4 Å². The topological polar surface area (TPSA) is 114 Å². The number of nitrogens with zero attached hydrogens (tertiary/aromatic N) is 2. The van der Waals surface area contributed by atoms with E-state index in [4.69, 9.17) is 10.8 Å². The number of aliphatic carboxylic acids is 1. The van der Waals surface area contributed by atoms with E-state index in [-0.39, 0.29) is 6.42 Å². The van der Waals surface area contributed by atoms with Gasteiger partial charge in [-0.25, -0.2) is 14.5 Å². The summed E-state index contributed by atoms with van der Waals surface area (Å²) in [5.74, 6) is -2.53. The Morgan fingerprint density at radius 2 is 2.00 bits per heavy atom. The Balaban J connectivity index is 2.16. The number of aromatic nitrogens is 1. The molecule has 1 aromatic rings. The minimum Gasteiger partial charge on any atom is -0.480 e. The molecule has 1 unspecified atom stereocenters. The molecule has 0 bridgehead atoms.